The van der Waals surface area contributed by atoms with Crippen molar-refractivity contribution < 1.29 is 29.0 Å². The zero-order valence-electron chi connectivity index (χ0n) is 19.2. The summed E-state index contributed by atoms with van der Waals surface area (Å²) in [5.41, 5.74) is 3.92. The summed E-state index contributed by atoms with van der Waals surface area (Å²) in [6.45, 7) is 0.308. The van der Waals surface area contributed by atoms with Gasteiger partial charge in [0.1, 0.15) is 6.61 Å². The normalized spacial score (nSPS) is 16.5. The number of aliphatic carboxylic acids is 1. The lowest BCUT2D eigenvalue weighted by molar-refractivity contribution is -0.140. The van der Waals surface area contributed by atoms with Crippen molar-refractivity contribution in [3.05, 3.63) is 59.7 Å². The van der Waals surface area contributed by atoms with Crippen molar-refractivity contribution in [3.8, 4) is 11.1 Å². The average Bonchev–Trinajstić information content (AvgIpc) is 3.12. The lowest BCUT2D eigenvalue weighted by atomic mass is 9.74. The molecule has 0 saturated heterocycles. The van der Waals surface area contributed by atoms with Crippen LogP contribution in [0.1, 0.15) is 49.1 Å². The number of carboxylic acid groups (broad SMARTS) is 1. The van der Waals surface area contributed by atoms with E-state index in [0.29, 0.717) is 12.8 Å². The summed E-state index contributed by atoms with van der Waals surface area (Å²) >= 11 is 0. The zero-order chi connectivity index (χ0) is 24.1. The van der Waals surface area contributed by atoms with Crippen LogP contribution >= 0.6 is 0 Å². The van der Waals surface area contributed by atoms with Crippen LogP contribution in [0.5, 0.6) is 0 Å². The summed E-state index contributed by atoms with van der Waals surface area (Å²) in [4.78, 5) is 35.9. The number of carboxylic acids is 1. The number of alkyl carbamates (subject to hydrolysis) is 1. The lowest BCUT2D eigenvalue weighted by Crippen LogP contribution is -2.55. The minimum Gasteiger partial charge on any atom is -0.481 e. The number of benzene rings is 2. The molecule has 1 unspecified atom stereocenters. The Kier molecular flexibility index (Phi) is 7.17. The molecule has 2 aliphatic rings. The van der Waals surface area contributed by atoms with Crippen molar-refractivity contribution in [1.82, 2.24) is 10.6 Å². The fraction of sp³-hybridized carbons (Fsp3) is 0.423. The third-order valence-corrected chi connectivity index (χ3v) is 6.77. The second kappa shape index (κ2) is 10.3. The topological polar surface area (TPSA) is 114 Å². The average molecular weight is 467 g/mol. The number of carbonyl (C=O) groups excluding carboxylic acids is 2. The highest BCUT2D eigenvalue weighted by Crippen LogP contribution is 2.44. The Bertz CT molecular complexity index is 1020. The summed E-state index contributed by atoms with van der Waals surface area (Å²) in [6, 6.07) is 16.2. The third-order valence-electron chi connectivity index (χ3n) is 6.77. The smallest absolute Gasteiger partial charge is 0.407 e. The number of amides is 2. The van der Waals surface area contributed by atoms with Crippen LogP contribution in [0, 0.1) is 0 Å². The monoisotopic (exact) mass is 466 g/mol. The maximum absolute atomic E-state index is 12.5. The van der Waals surface area contributed by atoms with Crippen LogP contribution in [-0.4, -0.2) is 55.0 Å². The Morgan fingerprint density at radius 2 is 1.68 bits per heavy atom. The summed E-state index contributed by atoms with van der Waals surface area (Å²) in [5.74, 6) is -1.25. The minimum atomic E-state index is -0.930. The SMILES string of the molecule is COC(CNC(=O)OCC1c2ccccc2-c2ccccc21)CC(=O)NC1(CC(=O)O)CCC1. The number of fused-ring (bicyclic) bond motifs is 3. The molecule has 3 N–H and O–H groups in total. The molecule has 0 aliphatic heterocycles. The minimum absolute atomic E-state index is 0.0154. The summed E-state index contributed by atoms with van der Waals surface area (Å²) < 4.78 is 10.9. The van der Waals surface area contributed by atoms with E-state index in [1.165, 1.54) is 7.11 Å². The van der Waals surface area contributed by atoms with Gasteiger partial charge in [-0.1, -0.05) is 48.5 Å². The standard InChI is InChI=1S/C26H30N2O6/c1-33-17(13-23(29)28-26(11-6-12-26)14-24(30)31)15-27-25(32)34-16-22-20-9-4-2-7-18(20)19-8-3-5-10-21(19)22/h2-5,7-10,17,22H,6,11-16H2,1H3,(H,27,32)(H,28,29)(H,30,31). The number of nitrogens with one attached hydrogen (secondary N) is 2. The Hall–Kier alpha value is -3.39. The fourth-order valence-electron chi connectivity index (χ4n) is 4.88. The predicted octanol–water partition coefficient (Wildman–Crippen LogP) is 3.44. The third kappa shape index (κ3) is 5.22. The molecule has 1 saturated carbocycles. The number of carbonyl (C=O) groups is 3. The van der Waals surface area contributed by atoms with Gasteiger partial charge in [0.05, 0.1) is 24.5 Å². The quantitative estimate of drug-likeness (QED) is 0.494. The lowest BCUT2D eigenvalue weighted by Gasteiger charge is -2.41. The molecule has 0 radical (unpaired) electrons. The van der Waals surface area contributed by atoms with Gasteiger partial charge in [-0.05, 0) is 41.5 Å². The maximum Gasteiger partial charge on any atom is 0.407 e. The Morgan fingerprint density at radius 3 is 2.21 bits per heavy atom. The van der Waals surface area contributed by atoms with Gasteiger partial charge in [-0.2, -0.15) is 0 Å². The summed E-state index contributed by atoms with van der Waals surface area (Å²) in [7, 11) is 1.47. The highest BCUT2D eigenvalue weighted by atomic mass is 16.5. The van der Waals surface area contributed by atoms with E-state index < -0.39 is 23.7 Å². The molecule has 2 aromatic rings. The van der Waals surface area contributed by atoms with Gasteiger partial charge in [0.25, 0.3) is 0 Å². The summed E-state index contributed by atoms with van der Waals surface area (Å²) in [5, 5.41) is 14.6. The highest BCUT2D eigenvalue weighted by Gasteiger charge is 2.40. The number of hydrogen-bond acceptors (Lipinski definition) is 5. The van der Waals surface area contributed by atoms with Gasteiger partial charge in [0.2, 0.25) is 5.91 Å². The van der Waals surface area contributed by atoms with Crippen molar-refractivity contribution in [2.75, 3.05) is 20.3 Å². The largest absolute Gasteiger partial charge is 0.481 e. The van der Waals surface area contributed by atoms with Gasteiger partial charge in [-0.3, -0.25) is 9.59 Å². The maximum atomic E-state index is 12.5. The van der Waals surface area contributed by atoms with E-state index in [2.05, 4.69) is 34.9 Å². The van der Waals surface area contributed by atoms with Crippen molar-refractivity contribution in [1.29, 1.82) is 0 Å². The zero-order valence-corrected chi connectivity index (χ0v) is 19.2. The van der Waals surface area contributed by atoms with Gasteiger partial charge in [-0.25, -0.2) is 4.79 Å². The first-order chi connectivity index (χ1) is 16.4. The van der Waals surface area contributed by atoms with Crippen molar-refractivity contribution >= 4 is 18.0 Å². The van der Waals surface area contributed by atoms with Gasteiger partial charge < -0.3 is 25.2 Å². The fourth-order valence-corrected chi connectivity index (χ4v) is 4.88. The van der Waals surface area contributed by atoms with Gasteiger partial charge in [0.15, 0.2) is 0 Å². The number of rotatable bonds is 10. The molecule has 4 rings (SSSR count). The first kappa shape index (κ1) is 23.8. The van der Waals surface area contributed by atoms with Crippen LogP contribution in [-0.2, 0) is 19.1 Å². The van der Waals surface area contributed by atoms with Crippen molar-refractivity contribution in [2.45, 2.75) is 49.7 Å². The number of hydrogen-bond donors (Lipinski definition) is 3. The molecule has 34 heavy (non-hydrogen) atoms. The van der Waals surface area contributed by atoms with Crippen molar-refractivity contribution in [2.24, 2.45) is 0 Å². The molecule has 8 heteroatoms. The second-order valence-electron chi connectivity index (χ2n) is 9.02. The van der Waals surface area contributed by atoms with E-state index in [-0.39, 0.29) is 37.8 Å². The van der Waals surface area contributed by atoms with E-state index in [9.17, 15) is 14.4 Å². The first-order valence-electron chi connectivity index (χ1n) is 11.6. The molecular weight excluding hydrogens is 436 g/mol. The number of ether oxygens (including phenoxy) is 2. The van der Waals surface area contributed by atoms with Gasteiger partial charge >= 0.3 is 12.1 Å². The molecule has 8 nitrogen and oxygen atoms in total. The molecule has 1 fully saturated rings. The van der Waals surface area contributed by atoms with Gasteiger partial charge in [-0.15, -0.1) is 0 Å². The van der Waals surface area contributed by atoms with Crippen LogP contribution in [0.25, 0.3) is 11.1 Å². The van der Waals surface area contributed by atoms with E-state index in [1.54, 1.807) is 0 Å². The molecule has 1 atom stereocenters. The Balaban J connectivity index is 1.26. The second-order valence-corrected chi connectivity index (χ2v) is 9.02. The van der Waals surface area contributed by atoms with E-state index in [0.717, 1.165) is 28.7 Å². The number of methoxy groups -OCH3 is 1. The molecule has 0 bridgehead atoms. The highest BCUT2D eigenvalue weighted by molar-refractivity contribution is 5.80. The van der Waals surface area contributed by atoms with Crippen molar-refractivity contribution in [3.63, 3.8) is 0 Å². The molecule has 0 spiro atoms. The summed E-state index contributed by atoms with van der Waals surface area (Å²) in [6.07, 6.45) is 0.995. The predicted molar refractivity (Wildman–Crippen MR) is 125 cm³/mol. The molecule has 2 aromatic carbocycles. The van der Waals surface area contributed by atoms with Crippen LogP contribution in [0.2, 0.25) is 0 Å². The van der Waals surface area contributed by atoms with Crippen LogP contribution in [0.4, 0.5) is 4.79 Å². The Labute approximate surface area is 198 Å². The van der Waals surface area contributed by atoms with Crippen LogP contribution in [0.3, 0.4) is 0 Å². The Morgan fingerprint density at radius 1 is 1.06 bits per heavy atom. The molecule has 0 aromatic heterocycles. The molecular formula is C26H30N2O6. The van der Waals surface area contributed by atoms with E-state index in [1.807, 2.05) is 24.3 Å². The molecule has 0 heterocycles. The van der Waals surface area contributed by atoms with Gasteiger partial charge in [0, 0.05) is 19.6 Å². The molecule has 180 valence electrons. The van der Waals surface area contributed by atoms with E-state index >= 15 is 0 Å². The molecule has 2 amide bonds. The molecule has 2 aliphatic carbocycles. The first-order valence-corrected chi connectivity index (χ1v) is 11.6. The van der Waals surface area contributed by atoms with Crippen LogP contribution < -0.4 is 10.6 Å². The van der Waals surface area contributed by atoms with Crippen LogP contribution in [0.15, 0.2) is 48.5 Å². The van der Waals surface area contributed by atoms with E-state index in [4.69, 9.17) is 14.6 Å².